The van der Waals surface area contributed by atoms with Crippen molar-refractivity contribution >= 4 is 0 Å². The number of hydrogen-bond acceptors (Lipinski definition) is 1. The molecule has 1 aliphatic rings. The molecule has 1 heteroatoms. The second kappa shape index (κ2) is 2.50. The molecule has 1 heterocycles. The van der Waals surface area contributed by atoms with Gasteiger partial charge in [0, 0.05) is 11.5 Å². The molecule has 1 nitrogen and oxygen atoms in total. The van der Waals surface area contributed by atoms with Crippen molar-refractivity contribution < 1.29 is 4.74 Å². The van der Waals surface area contributed by atoms with Crippen LogP contribution in [0, 0.1) is 6.92 Å². The van der Waals surface area contributed by atoms with E-state index in [9.17, 15) is 0 Å². The Morgan fingerprint density at radius 3 is 2.62 bits per heavy atom. The van der Waals surface area contributed by atoms with E-state index >= 15 is 0 Å². The highest BCUT2D eigenvalue weighted by Gasteiger charge is 2.38. The number of hydrogen-bond donors (Lipinski definition) is 0. The van der Waals surface area contributed by atoms with Gasteiger partial charge < -0.3 is 4.74 Å². The van der Waals surface area contributed by atoms with Crippen LogP contribution in [0.15, 0.2) is 18.2 Å². The predicted molar refractivity (Wildman–Crippen MR) is 54.3 cm³/mol. The summed E-state index contributed by atoms with van der Waals surface area (Å²) >= 11 is 0. The minimum atomic E-state index is -0.0472. The van der Waals surface area contributed by atoms with Crippen LogP contribution >= 0.6 is 0 Å². The zero-order chi connectivity index (χ0) is 9.64. The smallest absolute Gasteiger partial charge is 0.124 e. The average molecular weight is 176 g/mol. The first-order valence-electron chi connectivity index (χ1n) is 4.81. The lowest BCUT2D eigenvalue weighted by Crippen LogP contribution is -2.28. The van der Waals surface area contributed by atoms with Crippen molar-refractivity contribution in [3.05, 3.63) is 29.3 Å². The van der Waals surface area contributed by atoms with Gasteiger partial charge in [0.2, 0.25) is 0 Å². The molecular weight excluding hydrogens is 160 g/mol. The van der Waals surface area contributed by atoms with Gasteiger partial charge in [-0.05, 0) is 32.4 Å². The fourth-order valence-corrected chi connectivity index (χ4v) is 2.02. The standard InChI is InChI=1S/C12H16O/c1-8-6-5-7-10-11(8)9(2)12(3,4)13-10/h5-7,9H,1-4H3. The van der Waals surface area contributed by atoms with Crippen LogP contribution in [-0.2, 0) is 0 Å². The average Bonchev–Trinajstić information content (AvgIpc) is 2.24. The highest BCUT2D eigenvalue weighted by atomic mass is 16.5. The van der Waals surface area contributed by atoms with Crippen molar-refractivity contribution in [2.75, 3.05) is 0 Å². The first kappa shape index (κ1) is 8.61. The first-order valence-corrected chi connectivity index (χ1v) is 4.81. The fourth-order valence-electron chi connectivity index (χ4n) is 2.02. The predicted octanol–water partition coefficient (Wildman–Crippen LogP) is 3.27. The highest BCUT2D eigenvalue weighted by Crippen LogP contribution is 2.45. The van der Waals surface area contributed by atoms with Gasteiger partial charge in [0.25, 0.3) is 0 Å². The van der Waals surface area contributed by atoms with E-state index < -0.39 is 0 Å². The van der Waals surface area contributed by atoms with Gasteiger partial charge in [-0.3, -0.25) is 0 Å². The molecule has 0 aromatic heterocycles. The van der Waals surface area contributed by atoms with E-state index in [1.165, 1.54) is 11.1 Å². The number of fused-ring (bicyclic) bond motifs is 1. The molecule has 1 aliphatic heterocycles. The second-order valence-corrected chi connectivity index (χ2v) is 4.41. The Morgan fingerprint density at radius 2 is 2.00 bits per heavy atom. The van der Waals surface area contributed by atoms with Crippen LogP contribution in [0.2, 0.25) is 0 Å². The largest absolute Gasteiger partial charge is 0.487 e. The van der Waals surface area contributed by atoms with E-state index in [0.29, 0.717) is 5.92 Å². The normalized spacial score (nSPS) is 23.8. The molecule has 2 rings (SSSR count). The Hall–Kier alpha value is -0.980. The Kier molecular flexibility index (Phi) is 1.66. The van der Waals surface area contributed by atoms with Gasteiger partial charge in [0.15, 0.2) is 0 Å². The van der Waals surface area contributed by atoms with E-state index in [2.05, 4.69) is 45.9 Å². The summed E-state index contributed by atoms with van der Waals surface area (Å²) in [5.41, 5.74) is 2.68. The maximum absolute atomic E-state index is 5.89. The lowest BCUT2D eigenvalue weighted by atomic mass is 9.87. The Balaban J connectivity index is 2.57. The van der Waals surface area contributed by atoms with E-state index in [4.69, 9.17) is 4.74 Å². The number of rotatable bonds is 0. The molecule has 0 saturated carbocycles. The van der Waals surface area contributed by atoms with E-state index in [1.807, 2.05) is 0 Å². The van der Waals surface area contributed by atoms with Crippen molar-refractivity contribution in [1.29, 1.82) is 0 Å². The number of ether oxygens (including phenoxy) is 1. The van der Waals surface area contributed by atoms with Crippen LogP contribution in [-0.4, -0.2) is 5.60 Å². The van der Waals surface area contributed by atoms with Crippen molar-refractivity contribution in [1.82, 2.24) is 0 Å². The van der Waals surface area contributed by atoms with Crippen LogP contribution in [0.25, 0.3) is 0 Å². The SMILES string of the molecule is Cc1cccc2c1C(C)C(C)(C)O2. The van der Waals surface area contributed by atoms with Gasteiger partial charge in [-0.1, -0.05) is 19.1 Å². The minimum Gasteiger partial charge on any atom is -0.487 e. The van der Waals surface area contributed by atoms with Crippen molar-refractivity contribution in [3.8, 4) is 5.75 Å². The van der Waals surface area contributed by atoms with E-state index in [1.54, 1.807) is 0 Å². The van der Waals surface area contributed by atoms with Crippen LogP contribution in [0.4, 0.5) is 0 Å². The molecule has 0 spiro atoms. The second-order valence-electron chi connectivity index (χ2n) is 4.41. The Morgan fingerprint density at radius 1 is 1.31 bits per heavy atom. The molecule has 0 bridgehead atoms. The monoisotopic (exact) mass is 176 g/mol. The molecule has 1 aromatic rings. The van der Waals surface area contributed by atoms with Gasteiger partial charge in [-0.25, -0.2) is 0 Å². The molecule has 1 aromatic carbocycles. The van der Waals surface area contributed by atoms with Crippen LogP contribution in [0.1, 0.15) is 37.8 Å². The molecule has 0 amide bonds. The van der Waals surface area contributed by atoms with Gasteiger partial charge in [-0.15, -0.1) is 0 Å². The van der Waals surface area contributed by atoms with Crippen LogP contribution < -0.4 is 4.74 Å². The summed E-state index contributed by atoms with van der Waals surface area (Å²) in [5.74, 6) is 1.56. The van der Waals surface area contributed by atoms with Gasteiger partial charge in [0.05, 0.1) is 0 Å². The number of benzene rings is 1. The van der Waals surface area contributed by atoms with Gasteiger partial charge in [0.1, 0.15) is 11.4 Å². The van der Waals surface area contributed by atoms with Crippen molar-refractivity contribution in [2.24, 2.45) is 0 Å². The lowest BCUT2D eigenvalue weighted by molar-refractivity contribution is 0.115. The summed E-state index contributed by atoms with van der Waals surface area (Å²) in [4.78, 5) is 0. The maximum atomic E-state index is 5.89. The Labute approximate surface area is 79.7 Å². The molecule has 13 heavy (non-hydrogen) atoms. The third kappa shape index (κ3) is 1.14. The minimum absolute atomic E-state index is 0.0472. The van der Waals surface area contributed by atoms with E-state index in [-0.39, 0.29) is 5.60 Å². The molecule has 0 radical (unpaired) electrons. The zero-order valence-electron chi connectivity index (χ0n) is 8.72. The highest BCUT2D eigenvalue weighted by molar-refractivity contribution is 5.47. The van der Waals surface area contributed by atoms with Crippen molar-refractivity contribution in [2.45, 2.75) is 39.2 Å². The Bertz CT molecular complexity index is 339. The molecule has 0 saturated heterocycles. The maximum Gasteiger partial charge on any atom is 0.124 e. The molecule has 0 fully saturated rings. The zero-order valence-corrected chi connectivity index (χ0v) is 8.72. The third-order valence-corrected chi connectivity index (χ3v) is 3.13. The molecule has 0 aliphatic carbocycles. The summed E-state index contributed by atoms with van der Waals surface area (Å²) in [5, 5.41) is 0. The quantitative estimate of drug-likeness (QED) is 0.589. The first-order chi connectivity index (χ1) is 6.02. The molecule has 70 valence electrons. The number of aryl methyl sites for hydroxylation is 1. The van der Waals surface area contributed by atoms with Gasteiger partial charge >= 0.3 is 0 Å². The van der Waals surface area contributed by atoms with Gasteiger partial charge in [-0.2, -0.15) is 0 Å². The van der Waals surface area contributed by atoms with Crippen LogP contribution in [0.3, 0.4) is 0 Å². The molecule has 1 unspecified atom stereocenters. The fraction of sp³-hybridized carbons (Fsp3) is 0.500. The topological polar surface area (TPSA) is 9.23 Å². The third-order valence-electron chi connectivity index (χ3n) is 3.13. The molecule has 1 atom stereocenters. The van der Waals surface area contributed by atoms with E-state index in [0.717, 1.165) is 5.75 Å². The summed E-state index contributed by atoms with van der Waals surface area (Å²) in [6, 6.07) is 6.27. The molecule has 0 N–H and O–H groups in total. The summed E-state index contributed by atoms with van der Waals surface area (Å²) in [6.45, 7) is 8.69. The summed E-state index contributed by atoms with van der Waals surface area (Å²) in [6.07, 6.45) is 0. The summed E-state index contributed by atoms with van der Waals surface area (Å²) in [7, 11) is 0. The van der Waals surface area contributed by atoms with Crippen molar-refractivity contribution in [3.63, 3.8) is 0 Å². The van der Waals surface area contributed by atoms with Crippen LogP contribution in [0.5, 0.6) is 5.75 Å². The lowest BCUT2D eigenvalue weighted by Gasteiger charge is -2.23. The molecular formula is C12H16O. The summed E-state index contributed by atoms with van der Waals surface area (Å²) < 4.78 is 5.89.